The van der Waals surface area contributed by atoms with Crippen molar-refractivity contribution in [3.05, 3.63) is 71.3 Å². The lowest BCUT2D eigenvalue weighted by atomic mass is 9.86. The van der Waals surface area contributed by atoms with E-state index < -0.39 is 17.9 Å². The largest absolute Gasteiger partial charge is 0.384 e. The molecule has 0 spiro atoms. The fourth-order valence-electron chi connectivity index (χ4n) is 4.85. The fourth-order valence-corrected chi connectivity index (χ4v) is 4.85. The van der Waals surface area contributed by atoms with Crippen LogP contribution in [0.15, 0.2) is 54.6 Å². The molecule has 0 bridgehead atoms. The lowest BCUT2D eigenvalue weighted by Gasteiger charge is -2.31. The van der Waals surface area contributed by atoms with Gasteiger partial charge >= 0.3 is 0 Å². The average Bonchev–Trinajstić information content (AvgIpc) is 3.16. The number of amidine groups is 1. The van der Waals surface area contributed by atoms with Crippen molar-refractivity contribution < 1.29 is 14.4 Å². The highest BCUT2D eigenvalue weighted by atomic mass is 16.2. The highest BCUT2D eigenvalue weighted by Crippen LogP contribution is 2.50. The summed E-state index contributed by atoms with van der Waals surface area (Å²) < 4.78 is 0. The van der Waals surface area contributed by atoms with Crippen LogP contribution in [-0.4, -0.2) is 39.4 Å². The zero-order valence-electron chi connectivity index (χ0n) is 16.9. The summed E-state index contributed by atoms with van der Waals surface area (Å²) in [5.74, 6) is -1.89. The summed E-state index contributed by atoms with van der Waals surface area (Å²) in [7, 11) is 0. The molecule has 7 nitrogen and oxygen atoms in total. The van der Waals surface area contributed by atoms with E-state index in [1.54, 1.807) is 29.2 Å². The summed E-state index contributed by atoms with van der Waals surface area (Å²) in [4.78, 5) is 42.1. The Morgan fingerprint density at radius 2 is 1.60 bits per heavy atom. The van der Waals surface area contributed by atoms with E-state index in [1.165, 1.54) is 11.8 Å². The normalized spacial score (nSPS) is 25.5. The van der Waals surface area contributed by atoms with Crippen molar-refractivity contribution in [3.8, 4) is 0 Å². The Bertz CT molecular complexity index is 1020. The third-order valence-corrected chi connectivity index (χ3v) is 6.20. The number of hydrogen-bond acceptors (Lipinski definition) is 4. The molecular weight excluding hydrogens is 380 g/mol. The SMILES string of the molecule is CC(=O)N1[C@@H](C)[C@@H]2C(=O)N(Cc3ccccc3)C(=O)[C@@H]2[C@@H]1c1ccc(C(=N)N)cc1. The van der Waals surface area contributed by atoms with E-state index >= 15 is 0 Å². The van der Waals surface area contributed by atoms with E-state index in [0.29, 0.717) is 5.56 Å². The average molecular weight is 404 g/mol. The number of carbonyl (C=O) groups is 3. The summed E-state index contributed by atoms with van der Waals surface area (Å²) >= 11 is 0. The maximum absolute atomic E-state index is 13.4. The molecule has 0 saturated carbocycles. The van der Waals surface area contributed by atoms with Gasteiger partial charge in [-0.2, -0.15) is 0 Å². The number of nitrogen functional groups attached to an aromatic ring is 1. The van der Waals surface area contributed by atoms with Crippen LogP contribution in [0.1, 0.15) is 36.6 Å². The van der Waals surface area contributed by atoms with Crippen LogP contribution in [0.5, 0.6) is 0 Å². The summed E-state index contributed by atoms with van der Waals surface area (Å²) in [6.45, 7) is 3.53. The number of amides is 3. The number of fused-ring (bicyclic) bond motifs is 1. The van der Waals surface area contributed by atoms with Crippen LogP contribution in [0.2, 0.25) is 0 Å². The summed E-state index contributed by atoms with van der Waals surface area (Å²) in [5, 5.41) is 7.57. The van der Waals surface area contributed by atoms with E-state index in [0.717, 1.165) is 11.1 Å². The zero-order valence-corrected chi connectivity index (χ0v) is 16.9. The number of nitrogens with two attached hydrogens (primary N) is 1. The molecule has 4 atom stereocenters. The Balaban J connectivity index is 1.72. The summed E-state index contributed by atoms with van der Waals surface area (Å²) in [5.41, 5.74) is 7.76. The van der Waals surface area contributed by atoms with Gasteiger partial charge in [-0.05, 0) is 18.1 Å². The molecule has 0 aromatic heterocycles. The lowest BCUT2D eigenvalue weighted by molar-refractivity contribution is -0.143. The maximum atomic E-state index is 13.4. The Morgan fingerprint density at radius 1 is 1.00 bits per heavy atom. The molecule has 0 unspecified atom stereocenters. The van der Waals surface area contributed by atoms with Gasteiger partial charge in [-0.15, -0.1) is 0 Å². The smallest absolute Gasteiger partial charge is 0.235 e. The van der Waals surface area contributed by atoms with Crippen molar-refractivity contribution >= 4 is 23.6 Å². The molecule has 3 N–H and O–H groups in total. The fraction of sp³-hybridized carbons (Fsp3) is 0.304. The second-order valence-corrected chi connectivity index (χ2v) is 7.95. The number of hydrogen-bond donors (Lipinski definition) is 2. The predicted molar refractivity (Wildman–Crippen MR) is 111 cm³/mol. The van der Waals surface area contributed by atoms with Gasteiger partial charge in [0.2, 0.25) is 17.7 Å². The van der Waals surface area contributed by atoms with Gasteiger partial charge in [0, 0.05) is 18.5 Å². The molecule has 0 aliphatic carbocycles. The van der Waals surface area contributed by atoms with Crippen molar-refractivity contribution in [2.45, 2.75) is 32.5 Å². The molecule has 2 aromatic carbocycles. The third-order valence-electron chi connectivity index (χ3n) is 6.20. The van der Waals surface area contributed by atoms with Gasteiger partial charge in [0.1, 0.15) is 5.84 Å². The molecule has 2 aliphatic rings. The van der Waals surface area contributed by atoms with Crippen molar-refractivity contribution in [2.75, 3.05) is 0 Å². The number of carbonyl (C=O) groups excluding carboxylic acids is 3. The monoisotopic (exact) mass is 404 g/mol. The molecule has 7 heteroatoms. The molecule has 4 rings (SSSR count). The summed E-state index contributed by atoms with van der Waals surface area (Å²) in [6, 6.07) is 15.5. The Labute approximate surface area is 175 Å². The molecule has 154 valence electrons. The molecule has 2 aliphatic heterocycles. The lowest BCUT2D eigenvalue weighted by Crippen LogP contribution is -2.42. The van der Waals surface area contributed by atoms with Crippen LogP contribution in [0.3, 0.4) is 0 Å². The van der Waals surface area contributed by atoms with Crippen molar-refractivity contribution in [1.82, 2.24) is 9.80 Å². The topological polar surface area (TPSA) is 108 Å². The van der Waals surface area contributed by atoms with Crippen LogP contribution in [0.4, 0.5) is 0 Å². The quantitative estimate of drug-likeness (QED) is 0.462. The minimum absolute atomic E-state index is 0.0520. The molecule has 3 amide bonds. The van der Waals surface area contributed by atoms with Crippen LogP contribution in [-0.2, 0) is 20.9 Å². The Morgan fingerprint density at radius 3 is 2.17 bits per heavy atom. The summed E-state index contributed by atoms with van der Waals surface area (Å²) in [6.07, 6.45) is 0. The Kier molecular flexibility index (Phi) is 4.89. The second-order valence-electron chi connectivity index (χ2n) is 7.95. The first-order valence-corrected chi connectivity index (χ1v) is 9.93. The van der Waals surface area contributed by atoms with Gasteiger partial charge in [-0.25, -0.2) is 0 Å². The second kappa shape index (κ2) is 7.40. The highest BCUT2D eigenvalue weighted by molar-refractivity contribution is 6.07. The number of nitrogens with zero attached hydrogens (tertiary/aromatic N) is 2. The van der Waals surface area contributed by atoms with E-state index in [1.807, 2.05) is 37.3 Å². The molecule has 2 aromatic rings. The number of nitrogens with one attached hydrogen (secondary N) is 1. The molecular formula is C23H24N4O3. The van der Waals surface area contributed by atoms with Gasteiger partial charge in [-0.1, -0.05) is 54.6 Å². The van der Waals surface area contributed by atoms with Crippen molar-refractivity contribution in [2.24, 2.45) is 17.6 Å². The molecule has 0 radical (unpaired) electrons. The van der Waals surface area contributed by atoms with Crippen LogP contribution in [0.25, 0.3) is 0 Å². The van der Waals surface area contributed by atoms with Crippen molar-refractivity contribution in [3.63, 3.8) is 0 Å². The minimum Gasteiger partial charge on any atom is -0.384 e. The van der Waals surface area contributed by atoms with Crippen LogP contribution >= 0.6 is 0 Å². The molecule has 2 heterocycles. The first kappa shape index (κ1) is 19.8. The number of likely N-dealkylation sites (tertiary alicyclic amines) is 2. The number of rotatable bonds is 4. The van der Waals surface area contributed by atoms with Crippen molar-refractivity contribution in [1.29, 1.82) is 5.41 Å². The van der Waals surface area contributed by atoms with E-state index in [4.69, 9.17) is 11.1 Å². The highest BCUT2D eigenvalue weighted by Gasteiger charge is 2.61. The number of benzene rings is 2. The van der Waals surface area contributed by atoms with Crippen LogP contribution in [0, 0.1) is 17.2 Å². The minimum atomic E-state index is -0.622. The Hall–Kier alpha value is -3.48. The van der Waals surface area contributed by atoms with Gasteiger partial charge in [0.15, 0.2) is 0 Å². The molecule has 2 fully saturated rings. The van der Waals surface area contributed by atoms with Gasteiger partial charge in [-0.3, -0.25) is 24.7 Å². The van der Waals surface area contributed by atoms with Crippen LogP contribution < -0.4 is 5.73 Å². The van der Waals surface area contributed by atoms with Gasteiger partial charge in [0.25, 0.3) is 0 Å². The predicted octanol–water partition coefficient (Wildman–Crippen LogP) is 2.06. The van der Waals surface area contributed by atoms with E-state index in [2.05, 4.69) is 0 Å². The first-order chi connectivity index (χ1) is 14.3. The molecule has 30 heavy (non-hydrogen) atoms. The first-order valence-electron chi connectivity index (χ1n) is 9.93. The van der Waals surface area contributed by atoms with E-state index in [9.17, 15) is 14.4 Å². The van der Waals surface area contributed by atoms with E-state index in [-0.39, 0.29) is 36.1 Å². The van der Waals surface area contributed by atoms with Gasteiger partial charge in [0.05, 0.1) is 24.4 Å². The molecule has 2 saturated heterocycles. The zero-order chi connectivity index (χ0) is 21.6. The number of imide groups is 1. The van der Waals surface area contributed by atoms with Gasteiger partial charge < -0.3 is 10.6 Å². The third kappa shape index (κ3) is 3.07. The maximum Gasteiger partial charge on any atom is 0.235 e. The standard InChI is InChI=1S/C23H24N4O3/c1-13-18-19(23(30)26(22(18)29)12-15-6-4-3-5-7-15)20(27(13)14(2)28)16-8-10-17(11-9-16)21(24)25/h3-11,13,18-20H,12H2,1-2H3,(H3,24,25)/t13-,18-,19-,20-/m0/s1.